The number of nitrogen functional groups attached to an aromatic ring is 1. The van der Waals surface area contributed by atoms with E-state index in [1.807, 2.05) is 49.1 Å². The molecule has 0 unspecified atom stereocenters. The van der Waals surface area contributed by atoms with E-state index in [1.165, 1.54) is 0 Å². The number of nitrogens with two attached hydrogens (primary N) is 1. The van der Waals surface area contributed by atoms with E-state index < -0.39 is 0 Å². The molecular weight excluding hydrogens is 468 g/mol. The van der Waals surface area contributed by atoms with Crippen LogP contribution in [0.3, 0.4) is 0 Å². The molecule has 1 amide bonds. The van der Waals surface area contributed by atoms with Crippen LogP contribution in [-0.2, 0) is 4.79 Å². The van der Waals surface area contributed by atoms with Crippen molar-refractivity contribution in [3.05, 3.63) is 65.4 Å². The number of hydrogen-bond donors (Lipinski definition) is 1. The molecule has 10 nitrogen and oxygen atoms in total. The van der Waals surface area contributed by atoms with Crippen molar-refractivity contribution in [2.75, 3.05) is 43.4 Å². The van der Waals surface area contributed by atoms with Gasteiger partial charge in [0.1, 0.15) is 5.75 Å². The highest BCUT2D eigenvalue weighted by Gasteiger charge is 2.25. The SMILES string of the molecule is Cc1cccc(OCC(=O)N2CCN(c3nc(N)nc4ncc(-c5ccc(C#N)cc5)nc34)CC2)c1C. The van der Waals surface area contributed by atoms with Crippen molar-refractivity contribution >= 4 is 28.8 Å². The number of nitrogens with zero attached hydrogens (tertiary/aromatic N) is 7. The minimum Gasteiger partial charge on any atom is -0.483 e. The second kappa shape index (κ2) is 10.1. The van der Waals surface area contributed by atoms with Crippen LogP contribution in [0.5, 0.6) is 5.75 Å². The number of rotatable bonds is 5. The molecule has 1 saturated heterocycles. The molecule has 0 atom stereocenters. The Labute approximate surface area is 214 Å². The highest BCUT2D eigenvalue weighted by atomic mass is 16.5. The molecule has 2 aromatic heterocycles. The van der Waals surface area contributed by atoms with Crippen LogP contribution >= 0.6 is 0 Å². The van der Waals surface area contributed by atoms with E-state index in [9.17, 15) is 4.79 Å². The maximum atomic E-state index is 12.8. The number of amides is 1. The average Bonchev–Trinajstić information content (AvgIpc) is 2.93. The van der Waals surface area contributed by atoms with Gasteiger partial charge in [0.2, 0.25) is 5.95 Å². The van der Waals surface area contributed by atoms with Crippen molar-refractivity contribution in [2.45, 2.75) is 13.8 Å². The zero-order valence-corrected chi connectivity index (χ0v) is 20.7. The summed E-state index contributed by atoms with van der Waals surface area (Å²) in [6.07, 6.45) is 1.63. The standard InChI is InChI=1S/C27H26N8O2/c1-17-4-3-5-22(18(17)2)37-16-23(36)34-10-12-35(13-11-34)26-24-25(32-27(29)33-26)30-15-21(31-24)20-8-6-19(14-28)7-9-20/h3-9,15H,10-13,16H2,1-2H3,(H2,29,30,32,33). The van der Waals surface area contributed by atoms with E-state index in [0.717, 1.165) is 22.4 Å². The Morgan fingerprint density at radius 3 is 2.54 bits per heavy atom. The highest BCUT2D eigenvalue weighted by Crippen LogP contribution is 2.26. The summed E-state index contributed by atoms with van der Waals surface area (Å²) in [5.41, 5.74) is 11.1. The molecule has 5 rings (SSSR count). The molecule has 2 N–H and O–H groups in total. The summed E-state index contributed by atoms with van der Waals surface area (Å²) >= 11 is 0. The van der Waals surface area contributed by atoms with Crippen molar-refractivity contribution in [1.29, 1.82) is 5.26 Å². The molecule has 2 aromatic carbocycles. The predicted octanol–water partition coefficient (Wildman–Crippen LogP) is 2.89. The largest absolute Gasteiger partial charge is 0.483 e. The molecule has 186 valence electrons. The van der Waals surface area contributed by atoms with Gasteiger partial charge in [0, 0.05) is 31.7 Å². The van der Waals surface area contributed by atoms with E-state index in [2.05, 4.69) is 21.0 Å². The fourth-order valence-corrected chi connectivity index (χ4v) is 4.26. The number of aromatic nitrogens is 4. The van der Waals surface area contributed by atoms with Gasteiger partial charge in [-0.15, -0.1) is 0 Å². The van der Waals surface area contributed by atoms with Crippen molar-refractivity contribution in [3.63, 3.8) is 0 Å². The van der Waals surface area contributed by atoms with Gasteiger partial charge in [-0.25, -0.2) is 9.97 Å². The summed E-state index contributed by atoms with van der Waals surface area (Å²) in [4.78, 5) is 34.6. The van der Waals surface area contributed by atoms with E-state index in [-0.39, 0.29) is 18.5 Å². The van der Waals surface area contributed by atoms with Crippen LogP contribution in [0.4, 0.5) is 11.8 Å². The van der Waals surface area contributed by atoms with Gasteiger partial charge in [0.05, 0.1) is 23.5 Å². The second-order valence-electron chi connectivity index (χ2n) is 8.88. The summed E-state index contributed by atoms with van der Waals surface area (Å²) in [5.74, 6) is 1.37. The molecular formula is C27H26N8O2. The topological polar surface area (TPSA) is 134 Å². The Bertz CT molecular complexity index is 1510. The lowest BCUT2D eigenvalue weighted by Gasteiger charge is -2.35. The molecule has 0 aliphatic carbocycles. The highest BCUT2D eigenvalue weighted by molar-refractivity contribution is 5.86. The summed E-state index contributed by atoms with van der Waals surface area (Å²) in [6, 6.07) is 15.1. The first-order valence-electron chi connectivity index (χ1n) is 12.0. The van der Waals surface area contributed by atoms with Gasteiger partial charge in [-0.2, -0.15) is 15.2 Å². The Hall–Kier alpha value is -4.78. The van der Waals surface area contributed by atoms with Crippen LogP contribution in [0.2, 0.25) is 0 Å². The first-order valence-corrected chi connectivity index (χ1v) is 12.0. The van der Waals surface area contributed by atoms with Crippen LogP contribution in [0, 0.1) is 25.2 Å². The predicted molar refractivity (Wildman–Crippen MR) is 140 cm³/mol. The Morgan fingerprint density at radius 2 is 1.81 bits per heavy atom. The molecule has 1 aliphatic rings. The van der Waals surface area contributed by atoms with E-state index in [0.29, 0.717) is 54.4 Å². The number of aryl methyl sites for hydroxylation is 1. The molecule has 0 spiro atoms. The van der Waals surface area contributed by atoms with Crippen LogP contribution in [0.15, 0.2) is 48.7 Å². The lowest BCUT2D eigenvalue weighted by molar-refractivity contribution is -0.133. The smallest absolute Gasteiger partial charge is 0.260 e. The summed E-state index contributed by atoms with van der Waals surface area (Å²) in [6.45, 7) is 6.15. The van der Waals surface area contributed by atoms with Gasteiger partial charge < -0.3 is 20.3 Å². The fourth-order valence-electron chi connectivity index (χ4n) is 4.26. The zero-order valence-electron chi connectivity index (χ0n) is 20.7. The van der Waals surface area contributed by atoms with Crippen molar-refractivity contribution in [2.24, 2.45) is 0 Å². The first-order chi connectivity index (χ1) is 17.9. The van der Waals surface area contributed by atoms with Crippen molar-refractivity contribution in [3.8, 4) is 23.1 Å². The summed E-state index contributed by atoms with van der Waals surface area (Å²) in [5, 5.41) is 9.06. The van der Waals surface area contributed by atoms with E-state index in [1.54, 1.807) is 23.2 Å². The number of carbonyl (C=O) groups is 1. The number of ether oxygens (including phenoxy) is 1. The number of fused-ring (bicyclic) bond motifs is 1. The minimum absolute atomic E-state index is 0.00684. The third-order valence-corrected chi connectivity index (χ3v) is 6.55. The Kier molecular flexibility index (Phi) is 6.51. The summed E-state index contributed by atoms with van der Waals surface area (Å²) in [7, 11) is 0. The Morgan fingerprint density at radius 1 is 1.05 bits per heavy atom. The number of anilines is 2. The fraction of sp³-hybridized carbons (Fsp3) is 0.259. The van der Waals surface area contributed by atoms with Crippen molar-refractivity contribution in [1.82, 2.24) is 24.8 Å². The molecule has 0 bridgehead atoms. The quantitative estimate of drug-likeness (QED) is 0.444. The number of piperazine rings is 1. The maximum absolute atomic E-state index is 12.8. The number of nitriles is 1. The van der Waals surface area contributed by atoms with Crippen LogP contribution < -0.4 is 15.4 Å². The first kappa shape index (κ1) is 23.9. The van der Waals surface area contributed by atoms with E-state index >= 15 is 0 Å². The minimum atomic E-state index is -0.0597. The molecule has 10 heteroatoms. The van der Waals surface area contributed by atoms with Crippen LogP contribution in [-0.4, -0.2) is 63.5 Å². The number of carbonyl (C=O) groups excluding carboxylic acids is 1. The second-order valence-corrected chi connectivity index (χ2v) is 8.88. The molecule has 3 heterocycles. The van der Waals surface area contributed by atoms with Gasteiger partial charge in [0.15, 0.2) is 23.6 Å². The normalized spacial score (nSPS) is 13.4. The molecule has 37 heavy (non-hydrogen) atoms. The van der Waals surface area contributed by atoms with Crippen LogP contribution in [0.25, 0.3) is 22.4 Å². The monoisotopic (exact) mass is 494 g/mol. The molecule has 1 aliphatic heterocycles. The van der Waals surface area contributed by atoms with E-state index in [4.69, 9.17) is 20.7 Å². The van der Waals surface area contributed by atoms with Gasteiger partial charge >= 0.3 is 0 Å². The van der Waals surface area contributed by atoms with Gasteiger partial charge in [-0.3, -0.25) is 4.79 Å². The van der Waals surface area contributed by atoms with Gasteiger partial charge in [-0.05, 0) is 43.2 Å². The van der Waals surface area contributed by atoms with Crippen LogP contribution in [0.1, 0.15) is 16.7 Å². The number of hydrogen-bond acceptors (Lipinski definition) is 9. The van der Waals surface area contributed by atoms with Crippen molar-refractivity contribution < 1.29 is 9.53 Å². The third kappa shape index (κ3) is 4.97. The zero-order chi connectivity index (χ0) is 25.9. The summed E-state index contributed by atoms with van der Waals surface area (Å²) < 4.78 is 5.81. The lowest BCUT2D eigenvalue weighted by atomic mass is 10.1. The lowest BCUT2D eigenvalue weighted by Crippen LogP contribution is -2.50. The molecule has 4 aromatic rings. The van der Waals surface area contributed by atoms with Gasteiger partial charge in [0.25, 0.3) is 5.91 Å². The number of benzene rings is 2. The molecule has 0 radical (unpaired) electrons. The maximum Gasteiger partial charge on any atom is 0.260 e. The molecule has 1 fully saturated rings. The average molecular weight is 495 g/mol. The molecule has 0 saturated carbocycles. The van der Waals surface area contributed by atoms with Gasteiger partial charge in [-0.1, -0.05) is 24.3 Å². The third-order valence-electron chi connectivity index (χ3n) is 6.55. The Balaban J connectivity index is 1.31.